The summed E-state index contributed by atoms with van der Waals surface area (Å²) < 4.78 is 0. The molecule has 0 aliphatic carbocycles. The Hall–Kier alpha value is -2.74. The molecule has 4 rings (SSSR count). The topological polar surface area (TPSA) is 37.3 Å². The van der Waals surface area contributed by atoms with Gasteiger partial charge in [0.05, 0.1) is 5.56 Å². The van der Waals surface area contributed by atoms with Gasteiger partial charge in [-0.15, -0.1) is 0 Å². The van der Waals surface area contributed by atoms with Gasteiger partial charge in [0.1, 0.15) is 0 Å². The molecule has 1 unspecified atom stereocenters. The maximum Gasteiger partial charge on any atom is 0.335 e. The second-order valence-corrected chi connectivity index (χ2v) is 10.5. The Morgan fingerprint density at radius 2 is 1.03 bits per heavy atom. The standard InChI is InChI=1S/C18H15P.C9H9BrO2/c1-4-10-16(11-5-1)19(17-12-6-2-7-13-17)18-14-8-3-9-15-18;1-6(10)7-2-4-8(5-3-7)9(11)12/h1-15H;2-6H,1H3,(H,11,12). The van der Waals surface area contributed by atoms with E-state index in [1.165, 1.54) is 15.9 Å². The summed E-state index contributed by atoms with van der Waals surface area (Å²) in [6, 6.07) is 39.2. The number of alkyl halides is 1. The van der Waals surface area contributed by atoms with Gasteiger partial charge >= 0.3 is 5.97 Å². The summed E-state index contributed by atoms with van der Waals surface area (Å²) >= 11 is 3.40. The van der Waals surface area contributed by atoms with Crippen molar-refractivity contribution in [1.82, 2.24) is 0 Å². The zero-order chi connectivity index (χ0) is 22.1. The van der Waals surface area contributed by atoms with Crippen molar-refractivity contribution in [2.45, 2.75) is 11.8 Å². The van der Waals surface area contributed by atoms with E-state index in [4.69, 9.17) is 5.11 Å². The average molecular weight is 491 g/mol. The van der Waals surface area contributed by atoms with Crippen LogP contribution in [-0.2, 0) is 0 Å². The summed E-state index contributed by atoms with van der Waals surface area (Å²) in [6.07, 6.45) is 0. The van der Waals surface area contributed by atoms with Crippen LogP contribution in [0.25, 0.3) is 0 Å². The van der Waals surface area contributed by atoms with E-state index in [-0.39, 0.29) is 4.83 Å². The summed E-state index contributed by atoms with van der Waals surface area (Å²) in [7, 11) is -0.446. The Kier molecular flexibility index (Phi) is 8.58. The monoisotopic (exact) mass is 490 g/mol. The summed E-state index contributed by atoms with van der Waals surface area (Å²) in [6.45, 7) is 2.00. The van der Waals surface area contributed by atoms with Gasteiger partial charge in [-0.1, -0.05) is 119 Å². The lowest BCUT2D eigenvalue weighted by molar-refractivity contribution is 0.0697. The van der Waals surface area contributed by atoms with Gasteiger partial charge in [0.15, 0.2) is 0 Å². The second kappa shape index (κ2) is 11.6. The highest BCUT2D eigenvalue weighted by molar-refractivity contribution is 9.09. The number of hydrogen-bond acceptors (Lipinski definition) is 1. The molecule has 0 aromatic heterocycles. The van der Waals surface area contributed by atoms with Crippen LogP contribution in [0.2, 0.25) is 0 Å². The maximum atomic E-state index is 10.5. The molecule has 0 saturated carbocycles. The number of hydrogen-bond donors (Lipinski definition) is 1. The minimum absolute atomic E-state index is 0.264. The summed E-state index contributed by atoms with van der Waals surface area (Å²) in [5.41, 5.74) is 1.41. The second-order valence-electron chi connectivity index (χ2n) is 6.89. The van der Waals surface area contributed by atoms with Crippen molar-refractivity contribution in [1.29, 1.82) is 0 Å². The number of benzene rings is 4. The predicted octanol–water partition coefficient (Wildman–Crippen LogP) is 6.29. The molecule has 0 aliphatic heterocycles. The van der Waals surface area contributed by atoms with Crippen LogP contribution >= 0.6 is 23.9 Å². The van der Waals surface area contributed by atoms with Gasteiger partial charge in [-0.3, -0.25) is 0 Å². The van der Waals surface area contributed by atoms with E-state index in [0.717, 1.165) is 5.56 Å². The van der Waals surface area contributed by atoms with Crippen LogP contribution in [0.15, 0.2) is 115 Å². The molecule has 156 valence electrons. The van der Waals surface area contributed by atoms with E-state index < -0.39 is 13.9 Å². The molecule has 0 aliphatic rings. The zero-order valence-electron chi connectivity index (χ0n) is 17.2. The average Bonchev–Trinajstić information content (AvgIpc) is 2.82. The van der Waals surface area contributed by atoms with E-state index in [0.29, 0.717) is 5.56 Å². The Bertz CT molecular complexity index is 973. The van der Waals surface area contributed by atoms with Gasteiger partial charge in [0, 0.05) is 4.83 Å². The highest BCUT2D eigenvalue weighted by Crippen LogP contribution is 2.32. The molecule has 0 heterocycles. The predicted molar refractivity (Wildman–Crippen MR) is 136 cm³/mol. The molecule has 0 spiro atoms. The third-order valence-corrected chi connectivity index (χ3v) is 7.63. The van der Waals surface area contributed by atoms with Crippen molar-refractivity contribution in [2.75, 3.05) is 0 Å². The van der Waals surface area contributed by atoms with Gasteiger partial charge < -0.3 is 5.11 Å². The number of halogens is 1. The first kappa shape index (κ1) is 22.9. The Morgan fingerprint density at radius 3 is 1.32 bits per heavy atom. The maximum absolute atomic E-state index is 10.5. The van der Waals surface area contributed by atoms with Crippen LogP contribution in [0.1, 0.15) is 27.7 Å². The number of aromatic carboxylic acids is 1. The fraction of sp³-hybridized carbons (Fsp3) is 0.0741. The van der Waals surface area contributed by atoms with Crippen LogP contribution < -0.4 is 15.9 Å². The SMILES string of the molecule is CC(Br)c1ccc(C(=O)O)cc1.c1ccc(P(c2ccccc2)c2ccccc2)cc1. The van der Waals surface area contributed by atoms with Crippen molar-refractivity contribution >= 4 is 45.7 Å². The zero-order valence-corrected chi connectivity index (χ0v) is 19.7. The lowest BCUT2D eigenvalue weighted by atomic mass is 10.1. The normalized spacial score (nSPS) is 11.3. The number of carboxylic acids is 1. The van der Waals surface area contributed by atoms with E-state index >= 15 is 0 Å². The van der Waals surface area contributed by atoms with Crippen LogP contribution in [-0.4, -0.2) is 11.1 Å². The molecule has 0 amide bonds. The highest BCUT2D eigenvalue weighted by atomic mass is 79.9. The molecular formula is C27H24BrO2P. The smallest absolute Gasteiger partial charge is 0.335 e. The minimum atomic E-state index is -0.885. The fourth-order valence-corrected chi connectivity index (χ4v) is 5.68. The first-order chi connectivity index (χ1) is 15.1. The quantitative estimate of drug-likeness (QED) is 0.263. The Balaban J connectivity index is 0.000000196. The number of carbonyl (C=O) groups is 1. The van der Waals surface area contributed by atoms with Gasteiger partial charge in [-0.05, 0) is 48.5 Å². The minimum Gasteiger partial charge on any atom is -0.478 e. The van der Waals surface area contributed by atoms with Crippen molar-refractivity contribution in [3.8, 4) is 0 Å². The van der Waals surface area contributed by atoms with Gasteiger partial charge in [0.2, 0.25) is 0 Å². The molecule has 0 radical (unpaired) electrons. The molecule has 2 nitrogen and oxygen atoms in total. The molecular weight excluding hydrogens is 467 g/mol. The van der Waals surface area contributed by atoms with Crippen molar-refractivity contribution in [3.63, 3.8) is 0 Å². The number of rotatable bonds is 5. The third kappa shape index (κ3) is 6.62. The highest BCUT2D eigenvalue weighted by Gasteiger charge is 2.15. The fourth-order valence-electron chi connectivity index (χ4n) is 3.07. The summed E-state index contributed by atoms with van der Waals surface area (Å²) in [5.74, 6) is -0.885. The van der Waals surface area contributed by atoms with Gasteiger partial charge in [-0.25, -0.2) is 4.79 Å². The van der Waals surface area contributed by atoms with Crippen LogP contribution in [0, 0.1) is 0 Å². The summed E-state index contributed by atoms with van der Waals surface area (Å²) in [5, 5.41) is 12.8. The molecule has 4 aromatic rings. The van der Waals surface area contributed by atoms with Crippen molar-refractivity contribution in [3.05, 3.63) is 126 Å². The van der Waals surface area contributed by atoms with Gasteiger partial charge in [0.25, 0.3) is 0 Å². The van der Waals surface area contributed by atoms with Crippen LogP contribution in [0.4, 0.5) is 0 Å². The van der Waals surface area contributed by atoms with E-state index in [1.807, 2.05) is 19.1 Å². The lowest BCUT2D eigenvalue weighted by Crippen LogP contribution is -2.20. The molecule has 0 fully saturated rings. The Labute approximate surface area is 193 Å². The molecule has 1 N–H and O–H groups in total. The summed E-state index contributed by atoms with van der Waals surface area (Å²) in [4.78, 5) is 10.7. The molecule has 4 heteroatoms. The third-order valence-electron chi connectivity index (χ3n) is 4.66. The van der Waals surface area contributed by atoms with Crippen LogP contribution in [0.5, 0.6) is 0 Å². The van der Waals surface area contributed by atoms with Crippen molar-refractivity contribution in [2.24, 2.45) is 0 Å². The van der Waals surface area contributed by atoms with E-state index in [9.17, 15) is 4.79 Å². The molecule has 31 heavy (non-hydrogen) atoms. The Morgan fingerprint density at radius 1 is 0.677 bits per heavy atom. The molecule has 1 atom stereocenters. The lowest BCUT2D eigenvalue weighted by Gasteiger charge is -2.18. The van der Waals surface area contributed by atoms with E-state index in [1.54, 1.807) is 12.1 Å². The first-order valence-corrected chi connectivity index (χ1v) is 12.2. The molecule has 0 bridgehead atoms. The number of carboxylic acid groups (broad SMARTS) is 1. The van der Waals surface area contributed by atoms with E-state index in [2.05, 4.69) is 107 Å². The largest absolute Gasteiger partial charge is 0.478 e. The van der Waals surface area contributed by atoms with Crippen molar-refractivity contribution < 1.29 is 9.90 Å². The first-order valence-electron chi connectivity index (χ1n) is 9.99. The molecule has 0 saturated heterocycles. The van der Waals surface area contributed by atoms with Crippen LogP contribution in [0.3, 0.4) is 0 Å². The van der Waals surface area contributed by atoms with Gasteiger partial charge in [-0.2, -0.15) is 0 Å². The molecule has 4 aromatic carbocycles.